The third kappa shape index (κ3) is 4.50. The van der Waals surface area contributed by atoms with Crippen LogP contribution in [-0.4, -0.2) is 38.4 Å². The van der Waals surface area contributed by atoms with Gasteiger partial charge in [-0.2, -0.15) is 0 Å². The van der Waals surface area contributed by atoms with Gasteiger partial charge in [-0.3, -0.25) is 4.79 Å². The number of carbonyl (C=O) groups excluding carboxylic acids is 1. The fourth-order valence-electron chi connectivity index (χ4n) is 3.02. The Balaban J connectivity index is 1.80. The van der Waals surface area contributed by atoms with Crippen LogP contribution < -0.4 is 10.2 Å². The van der Waals surface area contributed by atoms with Gasteiger partial charge in [0, 0.05) is 10.7 Å². The summed E-state index contributed by atoms with van der Waals surface area (Å²) in [5, 5.41) is 3.95. The number of anilines is 2. The molecule has 3 rings (SSSR count). The maximum Gasteiger partial charge on any atom is 0.246 e. The van der Waals surface area contributed by atoms with E-state index in [9.17, 15) is 13.2 Å². The topological polar surface area (TPSA) is 66.5 Å². The van der Waals surface area contributed by atoms with Crippen LogP contribution >= 0.6 is 23.2 Å². The minimum atomic E-state index is -3.11. The fourth-order valence-corrected chi connectivity index (χ4v) is 5.07. The Morgan fingerprint density at radius 1 is 1.15 bits per heavy atom. The molecule has 0 spiro atoms. The van der Waals surface area contributed by atoms with Crippen LogP contribution in [0.25, 0.3) is 0 Å². The molecule has 2 aromatic rings. The summed E-state index contributed by atoms with van der Waals surface area (Å²) in [7, 11) is -3.11. The molecule has 2 aromatic carbocycles. The molecule has 26 heavy (non-hydrogen) atoms. The van der Waals surface area contributed by atoms with Crippen molar-refractivity contribution in [3.05, 3.63) is 58.6 Å². The maximum absolute atomic E-state index is 12.9. The minimum absolute atomic E-state index is 0.0223. The van der Waals surface area contributed by atoms with Gasteiger partial charge >= 0.3 is 0 Å². The smallest absolute Gasteiger partial charge is 0.246 e. The lowest BCUT2D eigenvalue weighted by Gasteiger charge is -2.28. The van der Waals surface area contributed by atoms with Crippen LogP contribution in [0.2, 0.25) is 10.0 Å². The molecule has 1 saturated heterocycles. The Morgan fingerprint density at radius 2 is 1.88 bits per heavy atom. The molecule has 0 bridgehead atoms. The lowest BCUT2D eigenvalue weighted by atomic mass is 10.1. The molecule has 1 amide bonds. The Hall–Kier alpha value is -1.76. The number of hydrogen-bond donors (Lipinski definition) is 1. The van der Waals surface area contributed by atoms with E-state index in [0.29, 0.717) is 27.8 Å². The van der Waals surface area contributed by atoms with Gasteiger partial charge in [-0.25, -0.2) is 8.42 Å². The molecule has 0 radical (unpaired) electrons. The van der Waals surface area contributed by atoms with Gasteiger partial charge in [-0.15, -0.1) is 0 Å². The number of amides is 1. The van der Waals surface area contributed by atoms with Gasteiger partial charge in [0.25, 0.3) is 0 Å². The molecular formula is C18H18Cl2N2O3S. The van der Waals surface area contributed by atoms with Crippen molar-refractivity contribution in [2.75, 3.05) is 28.3 Å². The van der Waals surface area contributed by atoms with Gasteiger partial charge in [0.05, 0.1) is 34.8 Å². The molecule has 0 unspecified atom stereocenters. The van der Waals surface area contributed by atoms with Gasteiger partial charge < -0.3 is 10.2 Å². The van der Waals surface area contributed by atoms with Gasteiger partial charge in [-0.1, -0.05) is 41.4 Å². The van der Waals surface area contributed by atoms with Crippen molar-refractivity contribution in [3.63, 3.8) is 0 Å². The minimum Gasteiger partial charge on any atom is -0.375 e. The van der Waals surface area contributed by atoms with Crippen LogP contribution in [0.15, 0.2) is 48.5 Å². The number of hydrogen-bond acceptors (Lipinski definition) is 4. The normalized spacial score (nSPS) is 18.5. The SMILES string of the molecule is O=C(CNc1cc(Cl)ccc1Cl)N(c1ccccc1)[C@@H]1CCS(=O)(=O)C1. The van der Waals surface area contributed by atoms with E-state index in [0.717, 1.165) is 0 Å². The Labute approximate surface area is 162 Å². The maximum atomic E-state index is 12.9. The van der Waals surface area contributed by atoms with Gasteiger partial charge in [-0.05, 0) is 36.8 Å². The van der Waals surface area contributed by atoms with E-state index in [-0.39, 0.29) is 30.0 Å². The summed E-state index contributed by atoms with van der Waals surface area (Å²) in [5.41, 5.74) is 1.23. The van der Waals surface area contributed by atoms with E-state index < -0.39 is 9.84 Å². The summed E-state index contributed by atoms with van der Waals surface area (Å²) in [5.74, 6) is -0.151. The van der Waals surface area contributed by atoms with Crippen LogP contribution in [0.5, 0.6) is 0 Å². The highest BCUT2D eigenvalue weighted by Gasteiger charge is 2.35. The molecule has 138 valence electrons. The highest BCUT2D eigenvalue weighted by Crippen LogP contribution is 2.27. The number of nitrogens with one attached hydrogen (secondary N) is 1. The first-order valence-electron chi connectivity index (χ1n) is 8.12. The molecule has 1 fully saturated rings. The van der Waals surface area contributed by atoms with E-state index in [1.165, 1.54) is 0 Å². The molecule has 0 aliphatic carbocycles. The van der Waals surface area contributed by atoms with Gasteiger partial charge in [0.15, 0.2) is 9.84 Å². The van der Waals surface area contributed by atoms with Crippen molar-refractivity contribution in [3.8, 4) is 0 Å². The second-order valence-electron chi connectivity index (χ2n) is 6.13. The van der Waals surface area contributed by atoms with Crippen molar-refractivity contribution in [2.45, 2.75) is 12.5 Å². The molecule has 8 heteroatoms. The van der Waals surface area contributed by atoms with Crippen LogP contribution in [0.4, 0.5) is 11.4 Å². The Bertz CT molecular complexity index is 904. The Morgan fingerprint density at radius 3 is 2.54 bits per heavy atom. The highest BCUT2D eigenvalue weighted by molar-refractivity contribution is 7.91. The van der Waals surface area contributed by atoms with E-state index in [1.807, 2.05) is 18.2 Å². The summed E-state index contributed by atoms with van der Waals surface area (Å²) < 4.78 is 23.8. The van der Waals surface area contributed by atoms with Crippen LogP contribution in [0.3, 0.4) is 0 Å². The molecule has 1 aliphatic heterocycles. The average molecular weight is 413 g/mol. The molecular weight excluding hydrogens is 395 g/mol. The third-order valence-corrected chi connectivity index (χ3v) is 6.55. The number of halogens is 2. The standard InChI is InChI=1S/C18H18Cl2N2O3S/c19-13-6-7-16(20)17(10-13)21-11-18(23)22(14-4-2-1-3-5-14)15-8-9-26(24,25)12-15/h1-7,10,15,21H,8-9,11-12H2/t15-/m1/s1. The summed E-state index contributed by atoms with van der Waals surface area (Å²) in [6, 6.07) is 13.7. The first-order valence-corrected chi connectivity index (χ1v) is 10.7. The van der Waals surface area contributed by atoms with Crippen molar-refractivity contribution < 1.29 is 13.2 Å². The van der Waals surface area contributed by atoms with Crippen molar-refractivity contribution in [1.82, 2.24) is 0 Å². The fraction of sp³-hybridized carbons (Fsp3) is 0.278. The lowest BCUT2D eigenvalue weighted by Crippen LogP contribution is -2.44. The lowest BCUT2D eigenvalue weighted by molar-refractivity contribution is -0.117. The van der Waals surface area contributed by atoms with E-state index in [4.69, 9.17) is 23.2 Å². The molecule has 1 aliphatic rings. The molecule has 1 atom stereocenters. The van der Waals surface area contributed by atoms with Gasteiger partial charge in [0.1, 0.15) is 0 Å². The molecule has 0 saturated carbocycles. The highest BCUT2D eigenvalue weighted by atomic mass is 35.5. The molecule has 5 nitrogen and oxygen atoms in total. The monoisotopic (exact) mass is 412 g/mol. The van der Waals surface area contributed by atoms with Crippen molar-refractivity contribution >= 4 is 50.3 Å². The number of para-hydroxylation sites is 1. The zero-order chi connectivity index (χ0) is 18.7. The zero-order valence-corrected chi connectivity index (χ0v) is 16.2. The number of nitrogens with zero attached hydrogens (tertiary/aromatic N) is 1. The quantitative estimate of drug-likeness (QED) is 0.813. The van der Waals surface area contributed by atoms with Gasteiger partial charge in [0.2, 0.25) is 5.91 Å². The number of sulfone groups is 1. The Kier molecular flexibility index (Phi) is 5.75. The van der Waals surface area contributed by atoms with Crippen LogP contribution in [0.1, 0.15) is 6.42 Å². The second kappa shape index (κ2) is 7.86. The number of carbonyl (C=O) groups is 1. The summed E-state index contributed by atoms with van der Waals surface area (Å²) in [6.07, 6.45) is 0.431. The van der Waals surface area contributed by atoms with E-state index >= 15 is 0 Å². The van der Waals surface area contributed by atoms with E-state index in [1.54, 1.807) is 35.2 Å². The number of rotatable bonds is 5. The first-order chi connectivity index (χ1) is 12.4. The summed E-state index contributed by atoms with van der Waals surface area (Å²) in [6.45, 7) is -0.0223. The van der Waals surface area contributed by atoms with Crippen molar-refractivity contribution in [2.24, 2.45) is 0 Å². The van der Waals surface area contributed by atoms with E-state index in [2.05, 4.69) is 5.32 Å². The molecule has 1 heterocycles. The first kappa shape index (κ1) is 19.0. The van der Waals surface area contributed by atoms with Crippen LogP contribution in [-0.2, 0) is 14.6 Å². The average Bonchev–Trinajstić information content (AvgIpc) is 2.96. The van der Waals surface area contributed by atoms with Crippen molar-refractivity contribution in [1.29, 1.82) is 0 Å². The predicted octanol–water partition coefficient (Wildman–Crippen LogP) is 3.63. The third-order valence-electron chi connectivity index (χ3n) is 4.24. The summed E-state index contributed by atoms with van der Waals surface area (Å²) >= 11 is 12.1. The molecule has 0 aromatic heterocycles. The molecule has 1 N–H and O–H groups in total. The zero-order valence-electron chi connectivity index (χ0n) is 13.9. The largest absolute Gasteiger partial charge is 0.375 e. The number of benzene rings is 2. The second-order valence-corrected chi connectivity index (χ2v) is 9.21. The summed E-state index contributed by atoms with van der Waals surface area (Å²) in [4.78, 5) is 14.5. The van der Waals surface area contributed by atoms with Crippen LogP contribution in [0, 0.1) is 0 Å². The predicted molar refractivity (Wildman–Crippen MR) is 106 cm³/mol.